The van der Waals surface area contributed by atoms with Gasteiger partial charge in [0.05, 0.1) is 19.1 Å². The number of sulfonamides is 1. The van der Waals surface area contributed by atoms with E-state index in [1.165, 1.54) is 33.3 Å². The molecule has 0 aliphatic carbocycles. The van der Waals surface area contributed by atoms with Gasteiger partial charge in [0.25, 0.3) is 0 Å². The van der Waals surface area contributed by atoms with Crippen LogP contribution in [-0.2, 0) is 16.6 Å². The van der Waals surface area contributed by atoms with Gasteiger partial charge in [-0.2, -0.15) is 4.31 Å². The van der Waals surface area contributed by atoms with Crippen LogP contribution >= 0.6 is 0 Å². The summed E-state index contributed by atoms with van der Waals surface area (Å²) in [5, 5.41) is 1.19. The number of aromatic nitrogens is 1. The predicted molar refractivity (Wildman–Crippen MR) is 143 cm³/mol. The van der Waals surface area contributed by atoms with E-state index in [1.54, 1.807) is 42.8 Å². The summed E-state index contributed by atoms with van der Waals surface area (Å²) in [7, 11) is -0.324. The molecule has 0 N–H and O–H groups in total. The summed E-state index contributed by atoms with van der Waals surface area (Å²) in [5.74, 6) is 1.48. The predicted octanol–water partition coefficient (Wildman–Crippen LogP) is 5.49. The largest absolute Gasteiger partial charge is 0.497 e. The first-order chi connectivity index (χ1) is 17.4. The first-order valence-electron chi connectivity index (χ1n) is 12.0. The molecule has 3 aromatic carbocycles. The zero-order valence-corrected chi connectivity index (χ0v) is 21.6. The van der Waals surface area contributed by atoms with Crippen molar-refractivity contribution in [3.8, 4) is 11.5 Å². The molecule has 0 saturated carbocycles. The van der Waals surface area contributed by atoms with Crippen LogP contribution in [0, 0.1) is 6.92 Å². The van der Waals surface area contributed by atoms with Gasteiger partial charge < -0.3 is 14.0 Å². The van der Waals surface area contributed by atoms with Crippen LogP contribution in [0.15, 0.2) is 83.8 Å². The summed E-state index contributed by atoms with van der Waals surface area (Å²) in [4.78, 5) is 0.284. The Labute approximate surface area is 212 Å². The van der Waals surface area contributed by atoms with E-state index < -0.39 is 10.0 Å². The van der Waals surface area contributed by atoms with E-state index in [4.69, 9.17) is 9.47 Å². The maximum absolute atomic E-state index is 13.2. The summed E-state index contributed by atoms with van der Waals surface area (Å²) in [6, 6.07) is 23.1. The second-order valence-corrected chi connectivity index (χ2v) is 10.9. The van der Waals surface area contributed by atoms with Gasteiger partial charge in [-0.15, -0.1) is 0 Å². The van der Waals surface area contributed by atoms with E-state index in [1.807, 2.05) is 12.1 Å². The van der Waals surface area contributed by atoms with E-state index in [-0.39, 0.29) is 4.90 Å². The number of methoxy groups -OCH3 is 2. The Morgan fingerprint density at radius 3 is 2.33 bits per heavy atom. The average molecular weight is 503 g/mol. The van der Waals surface area contributed by atoms with Crippen LogP contribution in [0.2, 0.25) is 0 Å². The van der Waals surface area contributed by atoms with Crippen LogP contribution in [-0.4, -0.2) is 44.6 Å². The molecule has 0 amide bonds. The topological polar surface area (TPSA) is 60.8 Å². The number of rotatable bonds is 7. The Morgan fingerprint density at radius 1 is 0.889 bits per heavy atom. The van der Waals surface area contributed by atoms with Gasteiger partial charge in [0.15, 0.2) is 0 Å². The fourth-order valence-electron chi connectivity index (χ4n) is 4.99. The molecule has 1 aromatic heterocycles. The van der Waals surface area contributed by atoms with Crippen molar-refractivity contribution < 1.29 is 17.9 Å². The Balaban J connectivity index is 1.46. The van der Waals surface area contributed by atoms with Gasteiger partial charge in [0.1, 0.15) is 11.5 Å². The third-order valence-electron chi connectivity index (χ3n) is 6.90. The van der Waals surface area contributed by atoms with E-state index in [2.05, 4.69) is 54.0 Å². The highest BCUT2D eigenvalue weighted by atomic mass is 32.2. The Morgan fingerprint density at radius 2 is 1.64 bits per heavy atom. The lowest BCUT2D eigenvalue weighted by Crippen LogP contribution is -2.34. The first kappa shape index (κ1) is 24.2. The fraction of sp³-hybridized carbons (Fsp3) is 0.241. The summed E-state index contributed by atoms with van der Waals surface area (Å²) in [6.45, 7) is 3.67. The lowest BCUT2D eigenvalue weighted by molar-refractivity contribution is 0.414. The number of ether oxygens (including phenoxy) is 2. The van der Waals surface area contributed by atoms with Crippen LogP contribution in [0.3, 0.4) is 0 Å². The zero-order chi connectivity index (χ0) is 25.3. The first-order valence-corrected chi connectivity index (χ1v) is 13.4. The van der Waals surface area contributed by atoms with Gasteiger partial charge >= 0.3 is 0 Å². The lowest BCUT2D eigenvalue weighted by atomic mass is 9.97. The van der Waals surface area contributed by atoms with Crippen LogP contribution in [0.1, 0.15) is 23.2 Å². The van der Waals surface area contributed by atoms with Crippen molar-refractivity contribution in [3.05, 3.63) is 95.7 Å². The highest BCUT2D eigenvalue weighted by Gasteiger charge is 2.28. The molecule has 0 saturated heterocycles. The summed E-state index contributed by atoms with van der Waals surface area (Å²) in [5.41, 5.74) is 5.90. The highest BCUT2D eigenvalue weighted by molar-refractivity contribution is 7.89. The Hall–Kier alpha value is -3.55. The van der Waals surface area contributed by atoms with Crippen LogP contribution in [0.25, 0.3) is 16.5 Å². The smallest absolute Gasteiger partial charge is 0.243 e. The van der Waals surface area contributed by atoms with E-state index in [0.717, 1.165) is 12.3 Å². The van der Waals surface area contributed by atoms with Crippen molar-refractivity contribution in [1.29, 1.82) is 0 Å². The minimum absolute atomic E-state index is 0.284. The highest BCUT2D eigenvalue weighted by Crippen LogP contribution is 2.36. The van der Waals surface area contributed by atoms with Gasteiger partial charge in [-0.1, -0.05) is 36.4 Å². The van der Waals surface area contributed by atoms with E-state index in [0.29, 0.717) is 25.3 Å². The molecular weight excluding hydrogens is 472 g/mol. The molecule has 7 heteroatoms. The molecule has 1 aliphatic rings. The number of hydrogen-bond donors (Lipinski definition) is 0. The molecule has 0 fully saturated rings. The molecule has 36 heavy (non-hydrogen) atoms. The number of para-hydroxylation sites is 1. The van der Waals surface area contributed by atoms with E-state index >= 15 is 0 Å². The van der Waals surface area contributed by atoms with E-state index in [9.17, 15) is 8.42 Å². The van der Waals surface area contributed by atoms with Crippen molar-refractivity contribution in [2.24, 2.45) is 0 Å². The van der Waals surface area contributed by atoms with Gasteiger partial charge in [-0.25, -0.2) is 8.42 Å². The second kappa shape index (κ2) is 9.84. The van der Waals surface area contributed by atoms with Gasteiger partial charge in [-0.05, 0) is 66.9 Å². The SMILES string of the molecule is COc1ccc(S(=O)(=O)N2CC=C(c3c(C)n(Cc4cccc(OC)c4)c4ccccc34)CC2)cc1. The molecule has 5 rings (SSSR count). The minimum atomic E-state index is -3.57. The van der Waals surface area contributed by atoms with Crippen LogP contribution < -0.4 is 9.47 Å². The normalized spacial score (nSPS) is 14.6. The Bertz CT molecular complexity index is 1540. The number of benzene rings is 3. The third kappa shape index (κ3) is 4.40. The minimum Gasteiger partial charge on any atom is -0.497 e. The molecule has 2 heterocycles. The quantitative estimate of drug-likeness (QED) is 0.335. The van der Waals surface area contributed by atoms with Crippen molar-refractivity contribution in [2.45, 2.75) is 24.8 Å². The average Bonchev–Trinajstić information content (AvgIpc) is 3.19. The standard InChI is InChI=1S/C29H30N2O4S/c1-21-29(23-15-17-30(18-16-23)36(32,33)26-13-11-24(34-2)12-14-26)27-9-4-5-10-28(27)31(21)20-22-7-6-8-25(19-22)35-3/h4-15,19H,16-18,20H2,1-3H3. The number of nitrogens with zero attached hydrogens (tertiary/aromatic N) is 2. The summed E-state index contributed by atoms with van der Waals surface area (Å²) < 4.78 is 40.9. The Kier molecular flexibility index (Phi) is 6.60. The third-order valence-corrected chi connectivity index (χ3v) is 8.78. The van der Waals surface area contributed by atoms with Crippen molar-refractivity contribution >= 4 is 26.5 Å². The van der Waals surface area contributed by atoms with Gasteiger partial charge in [0, 0.05) is 41.8 Å². The molecule has 0 spiro atoms. The summed E-state index contributed by atoms with van der Waals surface area (Å²) in [6.07, 6.45) is 2.72. The zero-order valence-electron chi connectivity index (χ0n) is 20.8. The van der Waals surface area contributed by atoms with Crippen molar-refractivity contribution in [1.82, 2.24) is 8.87 Å². The molecule has 0 bridgehead atoms. The molecule has 4 aromatic rings. The molecule has 0 atom stereocenters. The molecule has 186 valence electrons. The van der Waals surface area contributed by atoms with Gasteiger partial charge in [0.2, 0.25) is 10.0 Å². The fourth-order valence-corrected chi connectivity index (χ4v) is 6.37. The maximum Gasteiger partial charge on any atom is 0.243 e. The number of hydrogen-bond acceptors (Lipinski definition) is 4. The molecule has 1 aliphatic heterocycles. The second-order valence-electron chi connectivity index (χ2n) is 8.93. The van der Waals surface area contributed by atoms with Gasteiger partial charge in [-0.3, -0.25) is 0 Å². The monoisotopic (exact) mass is 502 g/mol. The van der Waals surface area contributed by atoms with Crippen LogP contribution in [0.4, 0.5) is 0 Å². The molecular formula is C29H30N2O4S. The van der Waals surface area contributed by atoms with Crippen molar-refractivity contribution in [2.75, 3.05) is 27.3 Å². The summed E-state index contributed by atoms with van der Waals surface area (Å²) >= 11 is 0. The molecule has 6 nitrogen and oxygen atoms in total. The molecule has 0 radical (unpaired) electrons. The number of fused-ring (bicyclic) bond motifs is 1. The molecule has 0 unspecified atom stereocenters. The van der Waals surface area contributed by atoms with Crippen molar-refractivity contribution in [3.63, 3.8) is 0 Å². The lowest BCUT2D eigenvalue weighted by Gasteiger charge is -2.26. The maximum atomic E-state index is 13.2. The van der Waals surface area contributed by atoms with Crippen LogP contribution in [0.5, 0.6) is 11.5 Å².